The molecule has 0 fully saturated rings. The quantitative estimate of drug-likeness (QED) is 0.170. The van der Waals surface area contributed by atoms with E-state index in [0.29, 0.717) is 0 Å². The van der Waals surface area contributed by atoms with Crippen molar-refractivity contribution in [2.45, 2.75) is 131 Å². The Morgan fingerprint density at radius 3 is 0.810 bits per heavy atom. The van der Waals surface area contributed by atoms with Crippen molar-refractivity contribution in [3.05, 3.63) is 69.8 Å². The van der Waals surface area contributed by atoms with Gasteiger partial charge in [0.15, 0.2) is 0 Å². The van der Waals surface area contributed by atoms with Crippen molar-refractivity contribution in [3.63, 3.8) is 0 Å². The minimum Gasteiger partial charge on any atom is -0.380 e. The van der Waals surface area contributed by atoms with E-state index < -0.39 is 28.2 Å². The molecule has 0 aliphatic heterocycles. The van der Waals surface area contributed by atoms with Crippen molar-refractivity contribution in [3.8, 4) is 0 Å². The highest BCUT2D eigenvalue weighted by atomic mass is 31.2. The predicted molar refractivity (Wildman–Crippen MR) is 177 cm³/mol. The number of benzene rings is 2. The van der Waals surface area contributed by atoms with E-state index >= 15 is 0 Å². The number of hydrogen-bond donors (Lipinski definition) is 7. The lowest BCUT2D eigenvalue weighted by atomic mass is 9.61. The average molecular weight is 629 g/mol. The Morgan fingerprint density at radius 2 is 0.643 bits per heavy atom. The van der Waals surface area contributed by atoms with Crippen molar-refractivity contribution >= 4 is 17.2 Å². The summed E-state index contributed by atoms with van der Waals surface area (Å²) in [5.74, 6) is 0. The summed E-state index contributed by atoms with van der Waals surface area (Å²) in [6.07, 6.45) is 0. The normalized spacial score (nSPS) is 13.4. The second-order valence-corrected chi connectivity index (χ2v) is 17.1. The zero-order valence-corrected chi connectivity index (χ0v) is 30.3. The first-order valence-electron chi connectivity index (χ1n) is 14.1. The Morgan fingerprint density at radius 1 is 0.405 bits per heavy atom. The van der Waals surface area contributed by atoms with Crippen LogP contribution in [0.1, 0.15) is 137 Å². The van der Waals surface area contributed by atoms with Gasteiger partial charge in [0.25, 0.3) is 0 Å². The van der Waals surface area contributed by atoms with Crippen LogP contribution in [0.4, 0.5) is 0 Å². The summed E-state index contributed by atoms with van der Waals surface area (Å²) in [6, 6.07) is 13.5. The van der Waals surface area contributed by atoms with E-state index in [0.717, 1.165) is 11.1 Å². The van der Waals surface area contributed by atoms with Gasteiger partial charge in [0.05, 0.1) is 0 Å². The minimum absolute atomic E-state index is 0.0449. The molecule has 0 spiro atoms. The Kier molecular flexibility index (Phi) is 14.1. The van der Waals surface area contributed by atoms with Gasteiger partial charge in [-0.2, -0.15) is 0 Å². The summed E-state index contributed by atoms with van der Waals surface area (Å²) in [4.78, 5) is 43.4. The summed E-state index contributed by atoms with van der Waals surface area (Å²) in [5, 5.41) is 13.0. The van der Waals surface area contributed by atoms with Gasteiger partial charge in [0.1, 0.15) is 5.60 Å². The largest absolute Gasteiger partial charge is 0.380 e. The van der Waals surface area contributed by atoms with Gasteiger partial charge >= 0.3 is 17.2 Å². The Balaban J connectivity index is 0.00000186. The van der Waals surface area contributed by atoms with Crippen LogP contribution in [-0.2, 0) is 27.3 Å². The topological polar surface area (TPSA) is 142 Å². The van der Waals surface area contributed by atoms with E-state index in [4.69, 9.17) is 29.4 Å². The molecule has 0 atom stereocenters. The van der Waals surface area contributed by atoms with Gasteiger partial charge in [0.2, 0.25) is 0 Å². The average Bonchev–Trinajstić information content (AvgIpc) is 2.73. The fourth-order valence-corrected chi connectivity index (χ4v) is 4.85. The van der Waals surface area contributed by atoms with Crippen molar-refractivity contribution in [2.24, 2.45) is 5.41 Å². The first-order chi connectivity index (χ1) is 18.4. The van der Waals surface area contributed by atoms with Crippen molar-refractivity contribution in [1.82, 2.24) is 0 Å². The second-order valence-electron chi connectivity index (χ2n) is 16.0. The Hall–Kier alpha value is -0.980. The van der Waals surface area contributed by atoms with Crippen molar-refractivity contribution in [2.75, 3.05) is 0 Å². The highest BCUT2D eigenvalue weighted by Crippen LogP contribution is 2.51. The first-order valence-corrected chi connectivity index (χ1v) is 16.5. The van der Waals surface area contributed by atoms with E-state index in [2.05, 4.69) is 140 Å². The fraction of sp³-hybridized carbons (Fsp3) is 0.636. The zero-order chi connectivity index (χ0) is 33.9. The molecule has 2 aromatic rings. The predicted octanol–water partition coefficient (Wildman–Crippen LogP) is 7.54. The van der Waals surface area contributed by atoms with Crippen LogP contribution in [-0.4, -0.2) is 34.5 Å². The second kappa shape index (κ2) is 14.4. The molecule has 0 heterocycles. The van der Waals surface area contributed by atoms with Crippen LogP contribution < -0.4 is 0 Å². The summed E-state index contributed by atoms with van der Waals surface area (Å²) in [5.41, 5.74) is 5.40. The van der Waals surface area contributed by atoms with E-state index in [1.54, 1.807) is 0 Å². The molecule has 0 aliphatic carbocycles. The van der Waals surface area contributed by atoms with E-state index in [1.807, 2.05) is 0 Å². The maximum absolute atomic E-state index is 13.0. The van der Waals surface area contributed by atoms with Crippen molar-refractivity contribution in [1.29, 1.82) is 0 Å². The molecule has 2 rings (SSSR count). The van der Waals surface area contributed by atoms with Crippen LogP contribution in [0.15, 0.2) is 36.4 Å². The van der Waals surface area contributed by atoms with E-state index in [9.17, 15) is 5.11 Å². The molecule has 0 amide bonds. The van der Waals surface area contributed by atoms with Gasteiger partial charge in [-0.05, 0) is 60.5 Å². The van der Waals surface area contributed by atoms with E-state index in [1.165, 1.54) is 22.3 Å². The van der Waals surface area contributed by atoms with Crippen LogP contribution in [0.25, 0.3) is 0 Å². The summed E-state index contributed by atoms with van der Waals surface area (Å²) < 4.78 is 0. The molecule has 7 nitrogen and oxygen atoms in total. The number of aliphatic hydroxyl groups is 1. The van der Waals surface area contributed by atoms with Gasteiger partial charge in [-0.1, -0.05) is 140 Å². The SMILES string of the molecule is CC(C)(C)c1ccc(C(O)(c2ccc(C(C)(C)C)cc2C(C)(C)C)C(C)(C)C)c(C(C)(C)C)c1.OP(O)O.OP(O)O. The van der Waals surface area contributed by atoms with Crippen molar-refractivity contribution < 1.29 is 34.5 Å². The molecule has 9 heteroatoms. The molecule has 0 saturated heterocycles. The smallest absolute Gasteiger partial charge is 0.324 e. The lowest BCUT2D eigenvalue weighted by Gasteiger charge is -2.46. The molecule has 0 saturated carbocycles. The molecular weight excluding hydrogens is 570 g/mol. The minimum atomic E-state index is -2.62. The molecule has 0 bridgehead atoms. The maximum Gasteiger partial charge on any atom is 0.324 e. The molecule has 242 valence electrons. The van der Waals surface area contributed by atoms with Crippen LogP contribution in [0.3, 0.4) is 0 Å². The van der Waals surface area contributed by atoms with Gasteiger partial charge in [-0.3, -0.25) is 0 Å². The first kappa shape index (κ1) is 41.0. The number of rotatable bonds is 2. The number of hydrogen-bond acceptors (Lipinski definition) is 7. The van der Waals surface area contributed by atoms with Crippen LogP contribution in [0.2, 0.25) is 0 Å². The third-order valence-electron chi connectivity index (χ3n) is 7.25. The molecule has 0 unspecified atom stereocenters. The lowest BCUT2D eigenvalue weighted by Crippen LogP contribution is -2.44. The van der Waals surface area contributed by atoms with Gasteiger partial charge in [0, 0.05) is 0 Å². The monoisotopic (exact) mass is 628 g/mol. The molecule has 2 aromatic carbocycles. The molecule has 0 aromatic heterocycles. The molecule has 7 N–H and O–H groups in total. The molecule has 42 heavy (non-hydrogen) atoms. The van der Waals surface area contributed by atoms with Crippen LogP contribution >= 0.6 is 17.2 Å². The maximum atomic E-state index is 13.0. The summed E-state index contributed by atoms with van der Waals surface area (Å²) in [7, 11) is -5.24. The zero-order valence-electron chi connectivity index (χ0n) is 28.5. The van der Waals surface area contributed by atoms with Gasteiger partial charge < -0.3 is 34.5 Å². The Labute approximate surface area is 257 Å². The lowest BCUT2D eigenvalue weighted by molar-refractivity contribution is -0.0285. The Bertz CT molecular complexity index is 1050. The third-order valence-corrected chi connectivity index (χ3v) is 7.25. The van der Waals surface area contributed by atoms with Gasteiger partial charge in [-0.25, -0.2) is 0 Å². The standard InChI is InChI=1S/C33H52O.2H3O3P/c1-28(2,3)22-16-18-24(26(20-22)30(7,8)9)33(34,32(13,14)15)25-19-17-23(29(4,5)6)21-27(25)31(10,11)12;2*1-4(2)3/h16-21,34H,1-15H3;2*1-3H. The summed E-state index contributed by atoms with van der Waals surface area (Å²) >= 11 is 0. The highest BCUT2D eigenvalue weighted by molar-refractivity contribution is 7.38. The van der Waals surface area contributed by atoms with Crippen LogP contribution in [0.5, 0.6) is 0 Å². The third kappa shape index (κ3) is 11.5. The fourth-order valence-electron chi connectivity index (χ4n) is 4.85. The summed E-state index contributed by atoms with van der Waals surface area (Å²) in [6.45, 7) is 33.6. The molecule has 0 radical (unpaired) electrons. The van der Waals surface area contributed by atoms with Crippen LogP contribution in [0, 0.1) is 5.41 Å². The molecular formula is C33H58O7P2. The highest BCUT2D eigenvalue weighted by Gasteiger charge is 2.48. The molecule has 0 aliphatic rings. The van der Waals surface area contributed by atoms with E-state index in [-0.39, 0.29) is 21.7 Å². The van der Waals surface area contributed by atoms with Gasteiger partial charge in [-0.15, -0.1) is 0 Å².